The number of rotatable bonds is 5. The van der Waals surface area contributed by atoms with Gasteiger partial charge in [0.25, 0.3) is 10.0 Å². The molecule has 5 rings (SSSR count). The molecule has 0 spiro atoms. The van der Waals surface area contributed by atoms with Crippen molar-refractivity contribution in [2.45, 2.75) is 23.8 Å². The van der Waals surface area contributed by atoms with E-state index in [9.17, 15) is 17.9 Å². The van der Waals surface area contributed by atoms with Crippen molar-refractivity contribution < 1.29 is 17.9 Å². The highest BCUT2D eigenvalue weighted by atomic mass is 32.2. The number of β-amino-alcohol motifs (C(OH)–C–C–N with tert-alkyl or cyclic N) is 1. The van der Waals surface area contributed by atoms with Gasteiger partial charge in [0.2, 0.25) is 0 Å². The number of benzene rings is 3. The van der Waals surface area contributed by atoms with Crippen LogP contribution in [0.25, 0.3) is 0 Å². The lowest BCUT2D eigenvalue weighted by Crippen LogP contribution is -2.42. The molecule has 0 radical (unpaired) electrons. The number of fused-ring (bicyclic) bond motifs is 2. The third-order valence-corrected chi connectivity index (χ3v) is 8.95. The largest absolute Gasteiger partial charge is 0.387 e. The summed E-state index contributed by atoms with van der Waals surface area (Å²) in [4.78, 5) is 4.46. The van der Waals surface area contributed by atoms with Crippen molar-refractivity contribution in [1.29, 1.82) is 0 Å². The van der Waals surface area contributed by atoms with Crippen molar-refractivity contribution in [2.24, 2.45) is 5.92 Å². The van der Waals surface area contributed by atoms with Crippen LogP contribution in [-0.2, 0) is 10.0 Å². The highest BCUT2D eigenvalue weighted by Gasteiger charge is 2.36. The molecule has 1 N–H and O–H groups in total. The maximum Gasteiger partial charge on any atom is 0.266 e. The van der Waals surface area contributed by atoms with Gasteiger partial charge in [0.1, 0.15) is 10.7 Å². The molecule has 3 aromatic carbocycles. The zero-order valence-corrected chi connectivity index (χ0v) is 20.5. The first-order valence-corrected chi connectivity index (χ1v) is 13.4. The average molecular weight is 496 g/mol. The van der Waals surface area contributed by atoms with E-state index in [1.807, 2.05) is 48.3 Å². The lowest BCUT2D eigenvalue weighted by atomic mass is 9.96. The summed E-state index contributed by atoms with van der Waals surface area (Å²) in [5.41, 5.74) is 2.93. The summed E-state index contributed by atoms with van der Waals surface area (Å²) in [5.74, 6) is -0.117. The van der Waals surface area contributed by atoms with Crippen LogP contribution in [0.1, 0.15) is 24.5 Å². The molecule has 3 aromatic rings. The fraction of sp³-hybridized carbons (Fsp3) is 0.333. The Hall–Kier alpha value is -2.94. The minimum atomic E-state index is -3.73. The summed E-state index contributed by atoms with van der Waals surface area (Å²) in [5, 5.41) is 10.6. The molecule has 2 aliphatic rings. The molecule has 1 fully saturated rings. The summed E-state index contributed by atoms with van der Waals surface area (Å²) in [6.07, 6.45) is 0.987. The van der Waals surface area contributed by atoms with Gasteiger partial charge in [0.15, 0.2) is 0 Å². The number of hydrogen-bond donors (Lipinski definition) is 1. The number of hydrogen-bond acceptors (Lipinski definition) is 5. The first-order valence-electron chi connectivity index (χ1n) is 11.9. The lowest BCUT2D eigenvalue weighted by molar-refractivity contribution is 0.0904. The molecule has 0 bridgehead atoms. The van der Waals surface area contributed by atoms with Gasteiger partial charge in [-0.2, -0.15) is 0 Å². The van der Waals surface area contributed by atoms with Crippen LogP contribution in [0, 0.1) is 11.7 Å². The molecule has 0 amide bonds. The van der Waals surface area contributed by atoms with Crippen molar-refractivity contribution >= 4 is 27.1 Å². The summed E-state index contributed by atoms with van der Waals surface area (Å²) in [6, 6.07) is 20.7. The number of likely N-dealkylation sites (tertiary alicyclic amines) is 1. The van der Waals surface area contributed by atoms with E-state index in [0.717, 1.165) is 31.6 Å². The molecule has 1 saturated heterocycles. The Bertz CT molecular complexity index is 1290. The van der Waals surface area contributed by atoms with E-state index in [4.69, 9.17) is 0 Å². The topological polar surface area (TPSA) is 64.1 Å². The van der Waals surface area contributed by atoms with Crippen LogP contribution in [-0.4, -0.2) is 51.7 Å². The molecular formula is C27H30FN3O3S. The predicted molar refractivity (Wildman–Crippen MR) is 136 cm³/mol. The second-order valence-corrected chi connectivity index (χ2v) is 11.2. The van der Waals surface area contributed by atoms with Crippen molar-refractivity contribution in [3.63, 3.8) is 0 Å². The van der Waals surface area contributed by atoms with E-state index >= 15 is 0 Å². The highest BCUT2D eigenvalue weighted by molar-refractivity contribution is 7.93. The molecule has 184 valence electrons. The predicted octanol–water partition coefficient (Wildman–Crippen LogP) is 4.55. The number of para-hydroxylation sites is 3. The van der Waals surface area contributed by atoms with E-state index in [0.29, 0.717) is 34.9 Å². The maximum atomic E-state index is 13.8. The first-order chi connectivity index (χ1) is 16.8. The molecule has 8 heteroatoms. The Morgan fingerprint density at radius 1 is 0.914 bits per heavy atom. The van der Waals surface area contributed by atoms with Crippen molar-refractivity contribution in [2.75, 3.05) is 42.4 Å². The average Bonchev–Trinajstić information content (AvgIpc) is 2.94. The molecule has 0 aromatic heterocycles. The van der Waals surface area contributed by atoms with Crippen LogP contribution in [0.15, 0.2) is 77.7 Å². The molecule has 0 saturated carbocycles. The van der Waals surface area contributed by atoms with E-state index < -0.39 is 16.1 Å². The Kier molecular flexibility index (Phi) is 6.53. The Balaban J connectivity index is 1.32. The van der Waals surface area contributed by atoms with Crippen LogP contribution in [0.3, 0.4) is 0 Å². The molecule has 1 atom stereocenters. The van der Waals surface area contributed by atoms with Gasteiger partial charge < -0.3 is 14.9 Å². The van der Waals surface area contributed by atoms with Gasteiger partial charge in [-0.05, 0) is 73.8 Å². The number of aliphatic hydroxyl groups is 1. The molecule has 2 heterocycles. The van der Waals surface area contributed by atoms with E-state index in [1.54, 1.807) is 28.6 Å². The second kappa shape index (κ2) is 9.60. The van der Waals surface area contributed by atoms with Gasteiger partial charge in [0.05, 0.1) is 23.2 Å². The first kappa shape index (κ1) is 23.8. The molecule has 1 unspecified atom stereocenters. The van der Waals surface area contributed by atoms with E-state index in [2.05, 4.69) is 4.90 Å². The number of aliphatic hydroxyl groups excluding tert-OH is 1. The fourth-order valence-corrected chi connectivity index (χ4v) is 6.88. The highest BCUT2D eigenvalue weighted by Crippen LogP contribution is 2.43. The number of halogens is 1. The summed E-state index contributed by atoms with van der Waals surface area (Å²) in [6.45, 7) is 2.43. The van der Waals surface area contributed by atoms with Gasteiger partial charge in [-0.15, -0.1) is 0 Å². The SMILES string of the molecule is CN1c2ccccc2N(CC2CCN(CC(O)c3ccc(F)cc3)CC2)S(=O)(=O)c2ccccc21. The van der Waals surface area contributed by atoms with Gasteiger partial charge in [-0.3, -0.25) is 4.31 Å². The lowest BCUT2D eigenvalue weighted by Gasteiger charge is -2.36. The van der Waals surface area contributed by atoms with Crippen molar-refractivity contribution in [3.8, 4) is 0 Å². The maximum absolute atomic E-state index is 13.8. The quantitative estimate of drug-likeness (QED) is 0.563. The molecular weight excluding hydrogens is 465 g/mol. The van der Waals surface area contributed by atoms with Crippen LogP contribution >= 0.6 is 0 Å². The molecule has 2 aliphatic heterocycles. The smallest absolute Gasteiger partial charge is 0.266 e. The van der Waals surface area contributed by atoms with Crippen molar-refractivity contribution in [1.82, 2.24) is 4.90 Å². The monoisotopic (exact) mass is 495 g/mol. The normalized spacial score (nSPS) is 19.1. The van der Waals surface area contributed by atoms with Crippen LogP contribution in [0.2, 0.25) is 0 Å². The summed E-state index contributed by atoms with van der Waals surface area (Å²) >= 11 is 0. The minimum Gasteiger partial charge on any atom is -0.387 e. The van der Waals surface area contributed by atoms with E-state index in [-0.39, 0.29) is 11.7 Å². The Morgan fingerprint density at radius 3 is 2.20 bits per heavy atom. The third kappa shape index (κ3) is 4.66. The van der Waals surface area contributed by atoms with Crippen molar-refractivity contribution in [3.05, 3.63) is 84.2 Å². The summed E-state index contributed by atoms with van der Waals surface area (Å²) < 4.78 is 42.4. The van der Waals surface area contributed by atoms with Gasteiger partial charge in [-0.25, -0.2) is 12.8 Å². The van der Waals surface area contributed by atoms with Gasteiger partial charge in [0, 0.05) is 20.1 Å². The standard InChI is InChI=1S/C27H30FN3O3S/c1-29-23-6-2-3-7-24(23)31(35(33,34)27-9-5-4-8-25(27)29)18-20-14-16-30(17-15-20)19-26(32)21-10-12-22(28)13-11-21/h2-13,20,26,32H,14-19H2,1H3. The van der Waals surface area contributed by atoms with Gasteiger partial charge >= 0.3 is 0 Å². The number of anilines is 3. The van der Waals surface area contributed by atoms with Crippen LogP contribution < -0.4 is 9.21 Å². The Morgan fingerprint density at radius 2 is 1.51 bits per heavy atom. The second-order valence-electron chi connectivity index (χ2n) is 9.36. The van der Waals surface area contributed by atoms with Crippen LogP contribution in [0.4, 0.5) is 21.5 Å². The minimum absolute atomic E-state index is 0.201. The van der Waals surface area contributed by atoms with Gasteiger partial charge in [-0.1, -0.05) is 36.4 Å². The zero-order valence-electron chi connectivity index (χ0n) is 19.7. The molecule has 6 nitrogen and oxygen atoms in total. The zero-order chi connectivity index (χ0) is 24.6. The fourth-order valence-electron chi connectivity index (χ4n) is 5.11. The number of nitrogens with zero attached hydrogens (tertiary/aromatic N) is 3. The Labute approximate surface area is 206 Å². The van der Waals surface area contributed by atoms with Crippen LogP contribution in [0.5, 0.6) is 0 Å². The molecule has 0 aliphatic carbocycles. The number of sulfonamides is 1. The van der Waals surface area contributed by atoms with E-state index in [1.165, 1.54) is 12.1 Å². The molecule has 35 heavy (non-hydrogen) atoms. The number of piperidine rings is 1. The summed E-state index contributed by atoms with van der Waals surface area (Å²) in [7, 11) is -1.83. The third-order valence-electron chi connectivity index (χ3n) is 7.12.